The van der Waals surface area contributed by atoms with Crippen LogP contribution in [0.4, 0.5) is 0 Å². The molecule has 1 aliphatic rings. The molecule has 4 nitrogen and oxygen atoms in total. The van der Waals surface area contributed by atoms with Gasteiger partial charge in [-0.1, -0.05) is 6.42 Å². The summed E-state index contributed by atoms with van der Waals surface area (Å²) >= 11 is 1.90. The molecule has 2 unspecified atom stereocenters. The smallest absolute Gasteiger partial charge is 0.372 e. The Bertz CT molecular complexity index is 430. The van der Waals surface area contributed by atoms with Crippen molar-refractivity contribution in [2.75, 3.05) is 6.26 Å². The summed E-state index contributed by atoms with van der Waals surface area (Å²) in [5, 5.41) is 13.1. The van der Waals surface area contributed by atoms with Gasteiger partial charge in [-0.15, -0.1) is 0 Å². The van der Waals surface area contributed by atoms with Crippen LogP contribution in [0.3, 0.4) is 0 Å². The molecule has 2 N–H and O–H groups in total. The number of carboxylic acid groups (broad SMARTS) is 1. The monoisotopic (exact) mass is 269 g/mol. The van der Waals surface area contributed by atoms with E-state index in [-0.39, 0.29) is 5.76 Å². The van der Waals surface area contributed by atoms with E-state index in [1.807, 2.05) is 11.8 Å². The van der Waals surface area contributed by atoms with E-state index in [1.54, 1.807) is 13.0 Å². The second kappa shape index (κ2) is 5.80. The van der Waals surface area contributed by atoms with Gasteiger partial charge in [0.1, 0.15) is 5.76 Å². The van der Waals surface area contributed by atoms with Gasteiger partial charge in [-0.2, -0.15) is 11.8 Å². The summed E-state index contributed by atoms with van der Waals surface area (Å²) < 4.78 is 5.34. The highest BCUT2D eigenvalue weighted by Gasteiger charge is 2.26. The predicted octanol–water partition coefficient (Wildman–Crippen LogP) is 2.66. The normalized spacial score (nSPS) is 23.4. The fourth-order valence-corrected chi connectivity index (χ4v) is 3.48. The second-order valence-electron chi connectivity index (χ2n) is 4.72. The molecule has 0 bridgehead atoms. The fraction of sp³-hybridized carbons (Fsp3) is 0.615. The van der Waals surface area contributed by atoms with Crippen LogP contribution < -0.4 is 5.32 Å². The first-order chi connectivity index (χ1) is 8.61. The van der Waals surface area contributed by atoms with Crippen molar-refractivity contribution in [3.05, 3.63) is 23.2 Å². The molecule has 0 saturated heterocycles. The summed E-state index contributed by atoms with van der Waals surface area (Å²) in [7, 11) is 0. The summed E-state index contributed by atoms with van der Waals surface area (Å²) in [6.45, 7) is 2.37. The zero-order valence-electron chi connectivity index (χ0n) is 10.7. The molecular formula is C13H19NO3S. The topological polar surface area (TPSA) is 62.5 Å². The largest absolute Gasteiger partial charge is 0.475 e. The lowest BCUT2D eigenvalue weighted by molar-refractivity contribution is 0.0659. The van der Waals surface area contributed by atoms with Crippen LogP contribution in [0, 0.1) is 6.92 Å². The fourth-order valence-electron chi connectivity index (χ4n) is 2.52. The van der Waals surface area contributed by atoms with E-state index < -0.39 is 5.97 Å². The minimum absolute atomic E-state index is 0.0552. The van der Waals surface area contributed by atoms with Gasteiger partial charge in [-0.3, -0.25) is 0 Å². The lowest BCUT2D eigenvalue weighted by Gasteiger charge is -2.18. The van der Waals surface area contributed by atoms with Crippen molar-refractivity contribution in [1.82, 2.24) is 5.32 Å². The van der Waals surface area contributed by atoms with E-state index in [9.17, 15) is 4.79 Å². The molecular weight excluding hydrogens is 250 g/mol. The molecule has 1 heterocycles. The van der Waals surface area contributed by atoms with Crippen LogP contribution in [0.5, 0.6) is 0 Å². The molecule has 5 heteroatoms. The molecule has 18 heavy (non-hydrogen) atoms. The van der Waals surface area contributed by atoms with Crippen LogP contribution in [0.2, 0.25) is 0 Å². The molecule has 0 aliphatic heterocycles. The molecule has 1 aromatic rings. The summed E-state index contributed by atoms with van der Waals surface area (Å²) in [5.74, 6) is -0.238. The van der Waals surface area contributed by atoms with Gasteiger partial charge in [0, 0.05) is 16.9 Å². The van der Waals surface area contributed by atoms with Crippen LogP contribution in [0.25, 0.3) is 0 Å². The number of hydrogen-bond acceptors (Lipinski definition) is 4. The number of furan rings is 1. The van der Waals surface area contributed by atoms with Crippen LogP contribution in [0.1, 0.15) is 41.1 Å². The van der Waals surface area contributed by atoms with Crippen molar-refractivity contribution in [1.29, 1.82) is 0 Å². The Kier molecular flexibility index (Phi) is 4.35. The van der Waals surface area contributed by atoms with Crippen molar-refractivity contribution in [3.63, 3.8) is 0 Å². The molecule has 0 spiro atoms. The Hall–Kier alpha value is -0.940. The number of aromatic carboxylic acids is 1. The highest BCUT2D eigenvalue weighted by atomic mass is 32.2. The second-order valence-corrected chi connectivity index (χ2v) is 5.80. The third kappa shape index (κ3) is 2.90. The number of hydrogen-bond donors (Lipinski definition) is 2. The predicted molar refractivity (Wildman–Crippen MR) is 72.2 cm³/mol. The van der Waals surface area contributed by atoms with Gasteiger partial charge in [-0.05, 0) is 32.1 Å². The van der Waals surface area contributed by atoms with Gasteiger partial charge in [0.25, 0.3) is 0 Å². The number of rotatable bonds is 5. The van der Waals surface area contributed by atoms with Crippen molar-refractivity contribution in [2.24, 2.45) is 0 Å². The van der Waals surface area contributed by atoms with E-state index >= 15 is 0 Å². The third-order valence-electron chi connectivity index (χ3n) is 3.46. The van der Waals surface area contributed by atoms with Gasteiger partial charge < -0.3 is 14.8 Å². The Morgan fingerprint density at radius 3 is 3.00 bits per heavy atom. The number of thioether (sulfide) groups is 1. The van der Waals surface area contributed by atoms with Crippen molar-refractivity contribution in [3.8, 4) is 0 Å². The third-order valence-corrected chi connectivity index (χ3v) is 4.63. The molecule has 1 aliphatic carbocycles. The number of nitrogens with one attached hydrogen (secondary N) is 1. The first kappa shape index (κ1) is 13.5. The minimum Gasteiger partial charge on any atom is -0.475 e. The number of carboxylic acids is 1. The summed E-state index contributed by atoms with van der Waals surface area (Å²) in [5.41, 5.74) is 0.687. The van der Waals surface area contributed by atoms with Gasteiger partial charge >= 0.3 is 5.97 Å². The summed E-state index contributed by atoms with van der Waals surface area (Å²) in [4.78, 5) is 10.9. The maximum atomic E-state index is 10.9. The van der Waals surface area contributed by atoms with E-state index in [1.165, 1.54) is 19.3 Å². The van der Waals surface area contributed by atoms with Crippen LogP contribution >= 0.6 is 11.8 Å². The van der Waals surface area contributed by atoms with E-state index in [0.29, 0.717) is 29.2 Å². The van der Waals surface area contributed by atoms with Crippen molar-refractivity contribution in [2.45, 2.75) is 44.0 Å². The summed E-state index contributed by atoms with van der Waals surface area (Å²) in [6.07, 6.45) is 5.86. The van der Waals surface area contributed by atoms with Gasteiger partial charge in [0.2, 0.25) is 5.76 Å². The Morgan fingerprint density at radius 1 is 1.61 bits per heavy atom. The summed E-state index contributed by atoms with van der Waals surface area (Å²) in [6, 6.07) is 2.32. The standard InChI is InChI=1S/C13H19NO3S/c1-8-6-9(17-12(8)13(15)16)7-14-10-4-3-5-11(10)18-2/h6,10-11,14H,3-5,7H2,1-2H3,(H,15,16). The lowest BCUT2D eigenvalue weighted by Crippen LogP contribution is -2.33. The first-order valence-corrected chi connectivity index (χ1v) is 7.49. The van der Waals surface area contributed by atoms with Crippen molar-refractivity contribution >= 4 is 17.7 Å². The van der Waals surface area contributed by atoms with Gasteiger partial charge in [0.05, 0.1) is 6.54 Å². The quantitative estimate of drug-likeness (QED) is 0.860. The molecule has 0 aromatic carbocycles. The molecule has 0 radical (unpaired) electrons. The Morgan fingerprint density at radius 2 is 2.39 bits per heavy atom. The van der Waals surface area contributed by atoms with Crippen LogP contribution in [-0.4, -0.2) is 28.6 Å². The van der Waals surface area contributed by atoms with E-state index in [0.717, 1.165) is 0 Å². The van der Waals surface area contributed by atoms with E-state index in [2.05, 4.69) is 11.6 Å². The Labute approximate surface area is 111 Å². The zero-order chi connectivity index (χ0) is 13.1. The SMILES string of the molecule is CSC1CCCC1NCc1cc(C)c(C(=O)O)o1. The average Bonchev–Trinajstić information content (AvgIpc) is 2.92. The average molecular weight is 269 g/mol. The molecule has 1 fully saturated rings. The highest BCUT2D eigenvalue weighted by molar-refractivity contribution is 7.99. The zero-order valence-corrected chi connectivity index (χ0v) is 11.5. The lowest BCUT2D eigenvalue weighted by atomic mass is 10.2. The molecule has 100 valence electrons. The highest BCUT2D eigenvalue weighted by Crippen LogP contribution is 2.28. The number of carbonyl (C=O) groups is 1. The van der Waals surface area contributed by atoms with Crippen molar-refractivity contribution < 1.29 is 14.3 Å². The van der Waals surface area contributed by atoms with Gasteiger partial charge in [0.15, 0.2) is 0 Å². The van der Waals surface area contributed by atoms with Gasteiger partial charge in [-0.25, -0.2) is 4.79 Å². The molecule has 1 aromatic heterocycles. The molecule has 2 atom stereocenters. The Balaban J connectivity index is 1.94. The molecule has 1 saturated carbocycles. The van der Waals surface area contributed by atoms with Crippen LogP contribution in [0.15, 0.2) is 10.5 Å². The van der Waals surface area contributed by atoms with Crippen LogP contribution in [-0.2, 0) is 6.54 Å². The van der Waals surface area contributed by atoms with E-state index in [4.69, 9.17) is 9.52 Å². The minimum atomic E-state index is -0.999. The molecule has 0 amide bonds. The maximum Gasteiger partial charge on any atom is 0.372 e. The number of aryl methyl sites for hydroxylation is 1. The molecule has 2 rings (SSSR count). The maximum absolute atomic E-state index is 10.9. The first-order valence-electron chi connectivity index (χ1n) is 6.20.